The lowest BCUT2D eigenvalue weighted by Crippen LogP contribution is -2.32. The Morgan fingerprint density at radius 3 is 2.44 bits per heavy atom. The lowest BCUT2D eigenvalue weighted by molar-refractivity contribution is -0.115. The van der Waals surface area contributed by atoms with Gasteiger partial charge in [-0.3, -0.25) is 9.59 Å². The van der Waals surface area contributed by atoms with Gasteiger partial charge in [0.05, 0.1) is 17.8 Å². The number of benzene rings is 2. The average Bonchev–Trinajstić information content (AvgIpc) is 3.48. The zero-order chi connectivity index (χ0) is 19.2. The fourth-order valence-corrected chi connectivity index (χ4v) is 2.99. The average molecular weight is 365 g/mol. The maximum Gasteiger partial charge on any atom is 0.253 e. The number of hydrogen-bond acceptors (Lipinski definition) is 3. The third-order valence-corrected chi connectivity index (χ3v) is 4.76. The first kappa shape index (κ1) is 19.1. The van der Waals surface area contributed by atoms with Crippen LogP contribution in [0.15, 0.2) is 48.5 Å². The monoisotopic (exact) mass is 365 g/mol. The van der Waals surface area contributed by atoms with Crippen molar-refractivity contribution in [1.29, 1.82) is 0 Å². The number of aryl methyl sites for hydroxylation is 1. The maximum atomic E-state index is 12.4. The molecule has 3 rings (SSSR count). The topological polar surface area (TPSA) is 70.2 Å². The van der Waals surface area contributed by atoms with Crippen LogP contribution in [0.4, 0.5) is 5.69 Å². The summed E-state index contributed by atoms with van der Waals surface area (Å²) in [6.07, 6.45) is 2.94. The molecule has 0 spiro atoms. The van der Waals surface area contributed by atoms with Crippen LogP contribution in [0.2, 0.25) is 0 Å². The number of para-hydroxylation sites is 1. The number of carbonyl (C=O) groups is 2. The van der Waals surface area contributed by atoms with Gasteiger partial charge < -0.3 is 16.0 Å². The smallest absolute Gasteiger partial charge is 0.253 e. The Morgan fingerprint density at radius 1 is 1.07 bits per heavy atom. The van der Waals surface area contributed by atoms with Gasteiger partial charge in [0.1, 0.15) is 0 Å². The van der Waals surface area contributed by atoms with Gasteiger partial charge in [-0.2, -0.15) is 0 Å². The second-order valence-corrected chi connectivity index (χ2v) is 7.09. The van der Waals surface area contributed by atoms with Gasteiger partial charge >= 0.3 is 0 Å². The SMILES string of the molecule is CCC(NCC(=O)Nc1ccccc1C(=O)NC1CC1)c1ccc(C)cc1. The van der Waals surface area contributed by atoms with E-state index in [0.29, 0.717) is 11.3 Å². The van der Waals surface area contributed by atoms with Crippen molar-refractivity contribution in [1.82, 2.24) is 10.6 Å². The number of amides is 2. The van der Waals surface area contributed by atoms with Crippen molar-refractivity contribution in [2.24, 2.45) is 0 Å². The second kappa shape index (κ2) is 8.82. The van der Waals surface area contributed by atoms with Crippen LogP contribution in [-0.2, 0) is 4.79 Å². The van der Waals surface area contributed by atoms with E-state index in [1.807, 2.05) is 6.07 Å². The van der Waals surface area contributed by atoms with Crippen molar-refractivity contribution >= 4 is 17.5 Å². The van der Waals surface area contributed by atoms with Crippen LogP contribution in [0.3, 0.4) is 0 Å². The van der Waals surface area contributed by atoms with Gasteiger partial charge in [-0.05, 0) is 43.9 Å². The van der Waals surface area contributed by atoms with E-state index in [1.165, 1.54) is 11.1 Å². The fourth-order valence-electron chi connectivity index (χ4n) is 2.99. The van der Waals surface area contributed by atoms with E-state index in [9.17, 15) is 9.59 Å². The first-order chi connectivity index (χ1) is 13.1. The molecule has 2 aromatic rings. The third-order valence-electron chi connectivity index (χ3n) is 4.76. The molecule has 2 aromatic carbocycles. The maximum absolute atomic E-state index is 12.4. The molecule has 5 heteroatoms. The zero-order valence-electron chi connectivity index (χ0n) is 15.9. The van der Waals surface area contributed by atoms with Crippen LogP contribution in [0.25, 0.3) is 0 Å². The first-order valence-corrected chi connectivity index (χ1v) is 9.56. The molecule has 27 heavy (non-hydrogen) atoms. The van der Waals surface area contributed by atoms with Gasteiger partial charge in [-0.1, -0.05) is 48.9 Å². The van der Waals surface area contributed by atoms with E-state index >= 15 is 0 Å². The largest absolute Gasteiger partial charge is 0.349 e. The zero-order valence-corrected chi connectivity index (χ0v) is 15.9. The van der Waals surface area contributed by atoms with Gasteiger partial charge in [0, 0.05) is 12.1 Å². The number of anilines is 1. The van der Waals surface area contributed by atoms with Crippen molar-refractivity contribution in [3.05, 3.63) is 65.2 Å². The molecule has 1 atom stereocenters. The summed E-state index contributed by atoms with van der Waals surface area (Å²) >= 11 is 0. The van der Waals surface area contributed by atoms with E-state index in [-0.39, 0.29) is 30.4 Å². The predicted octanol–water partition coefficient (Wildman–Crippen LogP) is 3.57. The van der Waals surface area contributed by atoms with Crippen LogP contribution in [0, 0.1) is 6.92 Å². The van der Waals surface area contributed by atoms with Crippen molar-refractivity contribution in [3.8, 4) is 0 Å². The van der Waals surface area contributed by atoms with Crippen molar-refractivity contribution in [2.75, 3.05) is 11.9 Å². The van der Waals surface area contributed by atoms with Gasteiger partial charge in [0.25, 0.3) is 5.91 Å². The number of nitrogens with one attached hydrogen (secondary N) is 3. The second-order valence-electron chi connectivity index (χ2n) is 7.09. The quantitative estimate of drug-likeness (QED) is 0.670. The van der Waals surface area contributed by atoms with Crippen molar-refractivity contribution in [2.45, 2.75) is 45.2 Å². The molecule has 0 aliphatic heterocycles. The van der Waals surface area contributed by atoms with Gasteiger partial charge in [0.15, 0.2) is 0 Å². The molecule has 0 radical (unpaired) electrons. The Labute approximate surface area is 160 Å². The lowest BCUT2D eigenvalue weighted by Gasteiger charge is -2.18. The minimum absolute atomic E-state index is 0.116. The van der Waals surface area contributed by atoms with Crippen LogP contribution < -0.4 is 16.0 Å². The molecule has 1 aliphatic carbocycles. The highest BCUT2D eigenvalue weighted by Crippen LogP contribution is 2.22. The van der Waals surface area contributed by atoms with Crippen molar-refractivity contribution in [3.63, 3.8) is 0 Å². The summed E-state index contributed by atoms with van der Waals surface area (Å²) in [4.78, 5) is 24.8. The first-order valence-electron chi connectivity index (χ1n) is 9.56. The molecular weight excluding hydrogens is 338 g/mol. The molecule has 3 N–H and O–H groups in total. The third kappa shape index (κ3) is 5.41. The molecule has 1 unspecified atom stereocenters. The molecule has 5 nitrogen and oxygen atoms in total. The number of rotatable bonds is 8. The summed E-state index contributed by atoms with van der Waals surface area (Å²) in [6, 6.07) is 15.9. The summed E-state index contributed by atoms with van der Waals surface area (Å²) in [5, 5.41) is 9.13. The molecule has 1 aliphatic rings. The van der Waals surface area contributed by atoms with Gasteiger partial charge in [-0.25, -0.2) is 0 Å². The number of carbonyl (C=O) groups excluding carboxylic acids is 2. The molecule has 0 heterocycles. The standard InChI is InChI=1S/C22H27N3O2/c1-3-19(16-10-8-15(2)9-11-16)23-14-21(26)25-20-7-5-4-6-18(20)22(27)24-17-12-13-17/h4-11,17,19,23H,3,12-14H2,1-2H3,(H,24,27)(H,25,26). The Morgan fingerprint density at radius 2 is 1.78 bits per heavy atom. The Kier molecular flexibility index (Phi) is 6.24. The Hall–Kier alpha value is -2.66. The fraction of sp³-hybridized carbons (Fsp3) is 0.364. The lowest BCUT2D eigenvalue weighted by atomic mass is 10.0. The summed E-state index contributed by atoms with van der Waals surface area (Å²) in [6.45, 7) is 4.33. The van der Waals surface area contributed by atoms with Crippen LogP contribution in [-0.4, -0.2) is 24.4 Å². The molecular formula is C22H27N3O2. The molecule has 1 fully saturated rings. The molecule has 0 bridgehead atoms. The molecule has 1 saturated carbocycles. The highest BCUT2D eigenvalue weighted by molar-refractivity contribution is 6.04. The molecule has 2 amide bonds. The molecule has 0 saturated heterocycles. The number of hydrogen-bond donors (Lipinski definition) is 3. The van der Waals surface area contributed by atoms with E-state index in [1.54, 1.807) is 18.2 Å². The van der Waals surface area contributed by atoms with Crippen molar-refractivity contribution < 1.29 is 9.59 Å². The summed E-state index contributed by atoms with van der Waals surface area (Å²) < 4.78 is 0. The van der Waals surface area contributed by atoms with Gasteiger partial charge in [0.2, 0.25) is 5.91 Å². The minimum Gasteiger partial charge on any atom is -0.349 e. The summed E-state index contributed by atoms with van der Waals surface area (Å²) in [5.41, 5.74) is 3.43. The minimum atomic E-state index is -0.160. The van der Waals surface area contributed by atoms with Gasteiger partial charge in [-0.15, -0.1) is 0 Å². The summed E-state index contributed by atoms with van der Waals surface area (Å²) in [5.74, 6) is -0.292. The van der Waals surface area contributed by atoms with E-state index in [2.05, 4.69) is 54.1 Å². The van der Waals surface area contributed by atoms with Crippen LogP contribution >= 0.6 is 0 Å². The normalized spacial score (nSPS) is 14.4. The highest BCUT2D eigenvalue weighted by atomic mass is 16.2. The van der Waals surface area contributed by atoms with E-state index in [0.717, 1.165) is 19.3 Å². The van der Waals surface area contributed by atoms with E-state index in [4.69, 9.17) is 0 Å². The van der Waals surface area contributed by atoms with Crippen LogP contribution in [0.1, 0.15) is 53.7 Å². The predicted molar refractivity (Wildman–Crippen MR) is 108 cm³/mol. The highest BCUT2D eigenvalue weighted by Gasteiger charge is 2.25. The Bertz CT molecular complexity index is 797. The van der Waals surface area contributed by atoms with E-state index < -0.39 is 0 Å². The molecule has 0 aromatic heterocycles. The molecule has 142 valence electrons. The Balaban J connectivity index is 1.58. The van der Waals surface area contributed by atoms with Crippen LogP contribution in [0.5, 0.6) is 0 Å². The summed E-state index contributed by atoms with van der Waals surface area (Å²) in [7, 11) is 0.